The van der Waals surface area contributed by atoms with Gasteiger partial charge in [0.2, 0.25) is 65.0 Å². The number of primary amides is 3. The summed E-state index contributed by atoms with van der Waals surface area (Å²) in [5, 5.41) is 27.6. The van der Waals surface area contributed by atoms with Crippen LogP contribution in [-0.4, -0.2) is 154 Å². The molecule has 0 radical (unpaired) electrons. The van der Waals surface area contributed by atoms with Crippen molar-refractivity contribution in [2.75, 3.05) is 31.1 Å². The third kappa shape index (κ3) is 19.4. The lowest BCUT2D eigenvalue weighted by atomic mass is 9.80. The Bertz CT molecular complexity index is 2160. The van der Waals surface area contributed by atoms with Crippen LogP contribution in [0.1, 0.15) is 89.0 Å². The lowest BCUT2D eigenvalue weighted by Crippen LogP contribution is -2.65. The molecule has 1 saturated heterocycles. The van der Waals surface area contributed by atoms with Gasteiger partial charge < -0.3 is 75.9 Å². The first-order valence-corrected chi connectivity index (χ1v) is 24.7. The van der Waals surface area contributed by atoms with Gasteiger partial charge in [0, 0.05) is 38.1 Å². The number of nitrogens with two attached hydrogens (primary N) is 5. The Balaban J connectivity index is 1.82. The number of amides is 11. The van der Waals surface area contributed by atoms with E-state index < -0.39 is 133 Å². The molecule has 1 aromatic carbocycles. The molecule has 18 N–H and O–H groups in total. The predicted molar refractivity (Wildman–Crippen MR) is 267 cm³/mol. The van der Waals surface area contributed by atoms with Gasteiger partial charge in [0.15, 0.2) is 5.96 Å². The van der Waals surface area contributed by atoms with Crippen molar-refractivity contribution in [3.05, 3.63) is 29.8 Å². The molecule has 1 aliphatic heterocycles. The fraction of sp³-hybridized carbons (Fsp3) is 0.591. The van der Waals surface area contributed by atoms with Crippen molar-refractivity contribution in [2.24, 2.45) is 33.7 Å². The van der Waals surface area contributed by atoms with Gasteiger partial charge in [0.25, 0.3) is 0 Å². The second kappa shape index (κ2) is 29.5. The number of hydrogen-bond acceptors (Lipinski definition) is 15. The quantitative estimate of drug-likeness (QED) is 0.0155. The number of hydrogen-bond donors (Lipinski definition) is 15. The first-order chi connectivity index (χ1) is 34.1. The molecule has 3 rings (SSSR count). The summed E-state index contributed by atoms with van der Waals surface area (Å²) in [7, 11) is 0. The van der Waals surface area contributed by atoms with E-state index in [1.165, 1.54) is 17.0 Å². The number of benzene rings is 1. The van der Waals surface area contributed by atoms with E-state index in [4.69, 9.17) is 28.7 Å². The number of aliphatic imine (C=N–C) groups is 1. The average molecular weight is 1050 g/mol. The third-order valence-electron chi connectivity index (χ3n) is 11.9. The van der Waals surface area contributed by atoms with Crippen molar-refractivity contribution < 1.29 is 57.8 Å². The highest BCUT2D eigenvalue weighted by molar-refractivity contribution is 7.80. The Morgan fingerprint density at radius 3 is 1.93 bits per heavy atom. The number of nitrogens with zero attached hydrogens (tertiary/aromatic N) is 2. The third-order valence-corrected chi connectivity index (χ3v) is 12.5. The molecule has 1 heterocycles. The number of nitrogens with one attached hydrogen (secondary N) is 7. The van der Waals surface area contributed by atoms with E-state index in [1.807, 2.05) is 0 Å². The van der Waals surface area contributed by atoms with E-state index in [0.717, 1.165) is 0 Å². The van der Waals surface area contributed by atoms with E-state index in [2.05, 4.69) is 67.5 Å². The number of likely N-dealkylation sites (tertiary alicyclic amines) is 1. The summed E-state index contributed by atoms with van der Waals surface area (Å²) >= 11 is 8.35. The molecule has 2 fully saturated rings. The molecule has 1 saturated carbocycles. The molecular weight excluding hydrogens is 981 g/mol. The summed E-state index contributed by atoms with van der Waals surface area (Å²) in [6.45, 7) is -0.350. The molecular formula is C44H68N14O12S2. The molecule has 6 atom stereocenters. The second-order valence-corrected chi connectivity index (χ2v) is 18.3. The fourth-order valence-corrected chi connectivity index (χ4v) is 8.62. The second-order valence-electron chi connectivity index (χ2n) is 17.5. The summed E-state index contributed by atoms with van der Waals surface area (Å²) in [5.41, 5.74) is 25.8. The zero-order valence-corrected chi connectivity index (χ0v) is 41.6. The van der Waals surface area contributed by atoms with E-state index in [9.17, 15) is 57.8 Å². The van der Waals surface area contributed by atoms with Crippen molar-refractivity contribution in [2.45, 2.75) is 132 Å². The van der Waals surface area contributed by atoms with Crippen LogP contribution in [0.3, 0.4) is 0 Å². The summed E-state index contributed by atoms with van der Waals surface area (Å²) in [4.78, 5) is 150. The minimum atomic E-state index is -1.76. The number of carbonyl (C=O) groups is 11. The van der Waals surface area contributed by atoms with Crippen molar-refractivity contribution in [3.8, 4) is 5.75 Å². The van der Waals surface area contributed by atoms with Crippen molar-refractivity contribution >= 4 is 96.2 Å². The lowest BCUT2D eigenvalue weighted by Gasteiger charge is -2.38. The SMILES string of the molecule is NC(=O)CC[C@H](NC(=O)C1(NC(=O)[C@H](Cc2ccc(O)cc2)NC(=O)CCS)CCCCC1)C(=O)N[C@@H](CC(N)=O)C(=O)N[C@@H](CS)C(=O)N1CCC[C@H]1C(=O)N[C@@H](CCCN=C(N)N)C(=O)NCC(N)=O. The number of carbonyl (C=O) groups excluding carboxylic acids is 11. The monoisotopic (exact) mass is 1050 g/mol. The van der Waals surface area contributed by atoms with Crippen LogP contribution < -0.4 is 65.9 Å². The van der Waals surface area contributed by atoms with Gasteiger partial charge in [0.05, 0.1) is 13.0 Å². The minimum Gasteiger partial charge on any atom is -0.508 e. The lowest BCUT2D eigenvalue weighted by molar-refractivity contribution is -0.142. The van der Waals surface area contributed by atoms with Gasteiger partial charge in [-0.1, -0.05) is 31.4 Å². The van der Waals surface area contributed by atoms with E-state index >= 15 is 0 Å². The number of phenols is 1. The Kier molecular flexibility index (Phi) is 24.4. The number of guanidine groups is 1. The van der Waals surface area contributed by atoms with Crippen molar-refractivity contribution in [1.82, 2.24) is 42.1 Å². The van der Waals surface area contributed by atoms with Gasteiger partial charge in [-0.3, -0.25) is 57.7 Å². The van der Waals surface area contributed by atoms with E-state index in [1.54, 1.807) is 12.1 Å². The summed E-state index contributed by atoms with van der Waals surface area (Å²) < 4.78 is 0. The van der Waals surface area contributed by atoms with Gasteiger partial charge in [-0.2, -0.15) is 25.3 Å². The molecule has 1 aliphatic carbocycles. The molecule has 0 aromatic heterocycles. The normalized spacial score (nSPS) is 17.0. The van der Waals surface area contributed by atoms with Crippen LogP contribution in [0.2, 0.25) is 0 Å². The highest BCUT2D eigenvalue weighted by Crippen LogP contribution is 2.29. The smallest absolute Gasteiger partial charge is 0.246 e. The number of phenolic OH excluding ortho intramolecular Hbond substituents is 1. The van der Waals surface area contributed by atoms with Crippen LogP contribution in [0.5, 0.6) is 5.75 Å². The minimum absolute atomic E-state index is 0.0147. The Labute approximate surface area is 426 Å². The van der Waals surface area contributed by atoms with Crippen LogP contribution in [-0.2, 0) is 59.2 Å². The molecule has 0 bridgehead atoms. The first kappa shape index (κ1) is 59.5. The maximum atomic E-state index is 14.4. The number of aromatic hydroxyl groups is 1. The Morgan fingerprint density at radius 1 is 0.694 bits per heavy atom. The van der Waals surface area contributed by atoms with Gasteiger partial charge in [-0.15, -0.1) is 0 Å². The summed E-state index contributed by atoms with van der Waals surface area (Å²) in [6, 6.07) is -2.34. The zero-order chi connectivity index (χ0) is 53.5. The molecule has 0 unspecified atom stereocenters. The topological polar surface area (TPSA) is 438 Å². The van der Waals surface area contributed by atoms with Crippen molar-refractivity contribution in [3.63, 3.8) is 0 Å². The Hall–Kier alpha value is -6.84. The average Bonchev–Trinajstić information content (AvgIpc) is 3.82. The molecule has 11 amide bonds. The van der Waals surface area contributed by atoms with Crippen LogP contribution in [0.4, 0.5) is 0 Å². The first-order valence-electron chi connectivity index (χ1n) is 23.4. The number of rotatable bonds is 29. The van der Waals surface area contributed by atoms with Crippen LogP contribution >= 0.6 is 25.3 Å². The largest absolute Gasteiger partial charge is 0.508 e. The van der Waals surface area contributed by atoms with E-state index in [0.29, 0.717) is 31.2 Å². The Morgan fingerprint density at radius 2 is 1.33 bits per heavy atom. The van der Waals surface area contributed by atoms with Gasteiger partial charge in [-0.05, 0) is 68.4 Å². The molecule has 72 heavy (non-hydrogen) atoms. The van der Waals surface area contributed by atoms with Crippen molar-refractivity contribution in [1.29, 1.82) is 0 Å². The predicted octanol–water partition coefficient (Wildman–Crippen LogP) is -4.79. The molecule has 0 spiro atoms. The molecule has 26 nitrogen and oxygen atoms in total. The maximum Gasteiger partial charge on any atom is 0.246 e. The van der Waals surface area contributed by atoms with Crippen LogP contribution in [0.15, 0.2) is 29.3 Å². The zero-order valence-electron chi connectivity index (χ0n) is 39.8. The maximum absolute atomic E-state index is 14.4. The van der Waals surface area contributed by atoms with Crippen LogP contribution in [0, 0.1) is 0 Å². The van der Waals surface area contributed by atoms with Gasteiger partial charge in [0.1, 0.15) is 47.5 Å². The summed E-state index contributed by atoms with van der Waals surface area (Å²) in [6.07, 6.45) is 0.988. The summed E-state index contributed by atoms with van der Waals surface area (Å²) in [5.74, 6) is -9.51. The fourth-order valence-electron chi connectivity index (χ4n) is 8.17. The molecule has 28 heteroatoms. The van der Waals surface area contributed by atoms with Crippen LogP contribution in [0.25, 0.3) is 0 Å². The van der Waals surface area contributed by atoms with E-state index in [-0.39, 0.29) is 81.3 Å². The highest BCUT2D eigenvalue weighted by atomic mass is 32.1. The van der Waals surface area contributed by atoms with Gasteiger partial charge in [-0.25, -0.2) is 0 Å². The molecule has 1 aromatic rings. The van der Waals surface area contributed by atoms with Gasteiger partial charge >= 0.3 is 0 Å². The molecule has 398 valence electrons. The highest BCUT2D eigenvalue weighted by Gasteiger charge is 2.44. The standard InChI is InChI=1S/C44H68N14O12S2/c45-32(60)13-12-27(56-42(70)44(15-2-1-3-16-44)57-39(67)28(52-35(63)14-19-71)20-24-8-10-25(59)11-9-24)37(65)54-29(21-33(46)61)38(66)55-30(23-72)41(69)58-18-5-7-31(58)40(68)53-26(6-4-17-50-43(48)49)36(64)51-22-34(47)62/h8-11,26-31,59,71-72H,1-7,12-23H2,(H2,45,60)(H2,46,61)(H2,47,62)(H,51,64)(H,52,63)(H,53,68)(H,54,65)(H,55,66)(H,56,70)(H,57,67)(H4,48,49,50)/t26-,27-,28-,29-,30-,31-/m0/s1. The number of thiol groups is 2. The molecule has 2 aliphatic rings.